The van der Waals surface area contributed by atoms with E-state index in [4.69, 9.17) is 9.47 Å². The Kier molecular flexibility index (Phi) is 5.43. The number of amides is 1. The van der Waals surface area contributed by atoms with E-state index in [1.165, 1.54) is 6.92 Å². The van der Waals surface area contributed by atoms with Gasteiger partial charge in [0.25, 0.3) is 0 Å². The third-order valence-electron chi connectivity index (χ3n) is 4.47. The fourth-order valence-electron chi connectivity index (χ4n) is 3.12. The summed E-state index contributed by atoms with van der Waals surface area (Å²) in [5.74, 6) is 0.0943. The molecule has 0 radical (unpaired) electrons. The largest absolute Gasteiger partial charge is 0.463 e. The Balaban J connectivity index is 1.86. The number of hydrogen-bond donors (Lipinski definition) is 4. The highest BCUT2D eigenvalue weighted by Crippen LogP contribution is 2.27. The van der Waals surface area contributed by atoms with Crippen molar-refractivity contribution in [2.45, 2.75) is 44.5 Å². The Labute approximate surface area is 151 Å². The van der Waals surface area contributed by atoms with E-state index in [9.17, 15) is 20.1 Å². The van der Waals surface area contributed by atoms with Gasteiger partial charge in [0.05, 0.1) is 6.61 Å². The lowest BCUT2D eigenvalue weighted by molar-refractivity contribution is -0.244. The average Bonchev–Trinajstić information content (AvgIpc) is 2.61. The van der Waals surface area contributed by atoms with Crippen LogP contribution in [-0.2, 0) is 9.53 Å². The lowest BCUT2D eigenvalue weighted by Crippen LogP contribution is -2.65. The summed E-state index contributed by atoms with van der Waals surface area (Å²) in [4.78, 5) is 11.5. The number of carbonyl (C=O) groups is 1. The minimum absolute atomic E-state index is 0.394. The molecule has 1 amide bonds. The van der Waals surface area contributed by atoms with Gasteiger partial charge in [-0.25, -0.2) is 0 Å². The van der Waals surface area contributed by atoms with E-state index in [1.54, 1.807) is 6.07 Å². The van der Waals surface area contributed by atoms with E-state index in [-0.39, 0.29) is 0 Å². The quantitative estimate of drug-likeness (QED) is 0.631. The molecule has 0 spiro atoms. The van der Waals surface area contributed by atoms with Crippen molar-refractivity contribution in [1.29, 1.82) is 0 Å². The average molecular weight is 361 g/mol. The first kappa shape index (κ1) is 18.6. The zero-order chi connectivity index (χ0) is 18.8. The summed E-state index contributed by atoms with van der Waals surface area (Å²) < 4.78 is 11.4. The van der Waals surface area contributed by atoms with E-state index in [0.717, 1.165) is 16.3 Å². The fraction of sp³-hybridized carbons (Fsp3) is 0.421. The first-order valence-corrected chi connectivity index (χ1v) is 8.45. The third kappa shape index (κ3) is 3.81. The van der Waals surface area contributed by atoms with Crippen molar-refractivity contribution < 1.29 is 29.6 Å². The lowest BCUT2D eigenvalue weighted by atomic mass is 9.97. The van der Waals surface area contributed by atoms with Gasteiger partial charge in [0.1, 0.15) is 30.1 Å². The van der Waals surface area contributed by atoms with Crippen LogP contribution in [0.1, 0.15) is 12.5 Å². The van der Waals surface area contributed by atoms with E-state index < -0.39 is 43.2 Å². The van der Waals surface area contributed by atoms with Gasteiger partial charge >= 0.3 is 0 Å². The summed E-state index contributed by atoms with van der Waals surface area (Å²) in [6.45, 7) is 2.83. The number of fused-ring (bicyclic) bond motifs is 1. The normalized spacial score (nSPS) is 28.7. The molecule has 0 aromatic heterocycles. The second-order valence-electron chi connectivity index (χ2n) is 6.56. The SMILES string of the molecule is CC(=O)NC1C(Oc2ccc3cc(C)ccc3c2)OC(CO)C(O)C1O. The summed E-state index contributed by atoms with van der Waals surface area (Å²) >= 11 is 0. The Morgan fingerprint density at radius 2 is 1.85 bits per heavy atom. The summed E-state index contributed by atoms with van der Waals surface area (Å²) in [5, 5.41) is 34.3. The first-order chi connectivity index (χ1) is 12.4. The number of ether oxygens (including phenoxy) is 2. The van der Waals surface area contributed by atoms with Crippen LogP contribution < -0.4 is 10.1 Å². The molecule has 0 saturated carbocycles. The number of aryl methyl sites for hydroxylation is 1. The molecule has 1 heterocycles. The molecule has 2 aromatic rings. The highest BCUT2D eigenvalue weighted by Gasteiger charge is 2.46. The van der Waals surface area contributed by atoms with Gasteiger partial charge in [-0.3, -0.25) is 4.79 Å². The van der Waals surface area contributed by atoms with Crippen LogP contribution in [0.3, 0.4) is 0 Å². The molecule has 1 fully saturated rings. The number of hydrogen-bond acceptors (Lipinski definition) is 6. The molecule has 7 heteroatoms. The summed E-state index contributed by atoms with van der Waals surface area (Å²) in [5.41, 5.74) is 1.15. The monoisotopic (exact) mass is 361 g/mol. The van der Waals surface area contributed by atoms with Crippen LogP contribution in [0, 0.1) is 6.92 Å². The smallest absolute Gasteiger partial charge is 0.223 e. The van der Waals surface area contributed by atoms with E-state index in [2.05, 4.69) is 11.4 Å². The van der Waals surface area contributed by atoms with Crippen molar-refractivity contribution in [1.82, 2.24) is 5.32 Å². The molecule has 4 N–H and O–H groups in total. The predicted octanol–water partition coefficient (Wildman–Crippen LogP) is 0.471. The second-order valence-corrected chi connectivity index (χ2v) is 6.56. The van der Waals surface area contributed by atoms with Gasteiger partial charge in [0.2, 0.25) is 12.2 Å². The molecule has 140 valence electrons. The van der Waals surface area contributed by atoms with Crippen LogP contribution in [0.5, 0.6) is 5.75 Å². The number of nitrogens with one attached hydrogen (secondary N) is 1. The minimum atomic E-state index is -1.34. The van der Waals surface area contributed by atoms with Gasteiger partial charge in [0.15, 0.2) is 0 Å². The van der Waals surface area contributed by atoms with Gasteiger partial charge < -0.3 is 30.1 Å². The summed E-state index contributed by atoms with van der Waals surface area (Å²) in [6.07, 6.45) is -4.74. The molecule has 3 rings (SSSR count). The maximum atomic E-state index is 11.5. The van der Waals surface area contributed by atoms with Gasteiger partial charge in [-0.15, -0.1) is 0 Å². The summed E-state index contributed by atoms with van der Waals surface area (Å²) in [7, 11) is 0. The Hall–Kier alpha value is -2.19. The molecular weight excluding hydrogens is 338 g/mol. The lowest BCUT2D eigenvalue weighted by Gasteiger charge is -2.42. The molecular formula is C19H23NO6. The van der Waals surface area contributed by atoms with Crippen LogP contribution in [-0.4, -0.2) is 58.5 Å². The van der Waals surface area contributed by atoms with Crippen molar-refractivity contribution in [2.24, 2.45) is 0 Å². The van der Waals surface area contributed by atoms with Crippen LogP contribution in [0.2, 0.25) is 0 Å². The molecule has 5 unspecified atom stereocenters. The number of aliphatic hydroxyl groups excluding tert-OH is 3. The maximum absolute atomic E-state index is 11.5. The molecule has 0 aliphatic carbocycles. The molecule has 26 heavy (non-hydrogen) atoms. The standard InChI is InChI=1S/C19H23NO6/c1-10-3-4-13-8-14(6-5-12(13)7-10)25-19-16(20-11(2)22)18(24)17(23)15(9-21)26-19/h3-8,15-19,21,23-24H,9H2,1-2H3,(H,20,22). The van der Waals surface area contributed by atoms with Gasteiger partial charge in [-0.1, -0.05) is 29.8 Å². The van der Waals surface area contributed by atoms with E-state index in [0.29, 0.717) is 5.75 Å². The number of benzene rings is 2. The fourth-order valence-corrected chi connectivity index (χ4v) is 3.12. The summed E-state index contributed by atoms with van der Waals surface area (Å²) in [6, 6.07) is 10.5. The van der Waals surface area contributed by atoms with Gasteiger partial charge in [-0.05, 0) is 29.8 Å². The van der Waals surface area contributed by atoms with Crippen molar-refractivity contribution in [2.75, 3.05) is 6.61 Å². The van der Waals surface area contributed by atoms with E-state index >= 15 is 0 Å². The number of carbonyl (C=O) groups excluding carboxylic acids is 1. The molecule has 7 nitrogen and oxygen atoms in total. The predicted molar refractivity (Wildman–Crippen MR) is 94.7 cm³/mol. The zero-order valence-corrected chi connectivity index (χ0v) is 14.6. The van der Waals surface area contributed by atoms with Gasteiger partial charge in [-0.2, -0.15) is 0 Å². The Morgan fingerprint density at radius 1 is 1.15 bits per heavy atom. The van der Waals surface area contributed by atoms with Crippen LogP contribution in [0.4, 0.5) is 0 Å². The number of rotatable bonds is 4. The van der Waals surface area contributed by atoms with Gasteiger partial charge in [0, 0.05) is 6.92 Å². The maximum Gasteiger partial charge on any atom is 0.223 e. The van der Waals surface area contributed by atoms with Crippen molar-refractivity contribution in [3.05, 3.63) is 42.0 Å². The number of aliphatic hydroxyl groups is 3. The molecule has 1 aliphatic rings. The Morgan fingerprint density at radius 3 is 2.54 bits per heavy atom. The highest BCUT2D eigenvalue weighted by atomic mass is 16.7. The topological polar surface area (TPSA) is 108 Å². The van der Waals surface area contributed by atoms with Crippen molar-refractivity contribution >= 4 is 16.7 Å². The van der Waals surface area contributed by atoms with Crippen LogP contribution in [0.15, 0.2) is 36.4 Å². The molecule has 1 aliphatic heterocycles. The van der Waals surface area contributed by atoms with Crippen LogP contribution >= 0.6 is 0 Å². The zero-order valence-electron chi connectivity index (χ0n) is 14.6. The first-order valence-electron chi connectivity index (χ1n) is 8.45. The van der Waals surface area contributed by atoms with Crippen LogP contribution in [0.25, 0.3) is 10.8 Å². The molecule has 0 bridgehead atoms. The molecule has 2 aromatic carbocycles. The highest BCUT2D eigenvalue weighted by molar-refractivity contribution is 5.84. The van der Waals surface area contributed by atoms with Crippen molar-refractivity contribution in [3.63, 3.8) is 0 Å². The molecule has 5 atom stereocenters. The van der Waals surface area contributed by atoms with Crippen molar-refractivity contribution in [3.8, 4) is 5.75 Å². The third-order valence-corrected chi connectivity index (χ3v) is 4.47. The molecule has 1 saturated heterocycles. The van der Waals surface area contributed by atoms with E-state index in [1.807, 2.05) is 31.2 Å². The Bertz CT molecular complexity index is 795. The second kappa shape index (κ2) is 7.59. The minimum Gasteiger partial charge on any atom is -0.463 e.